The highest BCUT2D eigenvalue weighted by atomic mass is 16.3. The Balaban J connectivity index is 2.32. The summed E-state index contributed by atoms with van der Waals surface area (Å²) in [6, 6.07) is 8.57. The molecule has 1 aliphatic heterocycles. The first-order valence-electron chi connectivity index (χ1n) is 6.30. The van der Waals surface area contributed by atoms with Crippen LogP contribution in [0.1, 0.15) is 12.0 Å². The number of hydrogen-bond acceptors (Lipinski definition) is 4. The summed E-state index contributed by atoms with van der Waals surface area (Å²) >= 11 is 0. The molecule has 1 aromatic carbocycles. The standard InChI is InChI=1S/C14H17N3O2/c1-16-6-3-7-17(14(19)13(16)10-18)12-5-2-4-11(8-12)9-15/h2,4-5,8,13,18H,3,6-7,10H2,1H3. The Morgan fingerprint density at radius 2 is 2.26 bits per heavy atom. The van der Waals surface area contributed by atoms with E-state index in [0.717, 1.165) is 18.7 Å². The Morgan fingerprint density at radius 1 is 1.47 bits per heavy atom. The summed E-state index contributed by atoms with van der Waals surface area (Å²) in [5.41, 5.74) is 1.25. The molecule has 2 rings (SSSR count). The molecule has 1 atom stereocenters. The molecule has 5 nitrogen and oxygen atoms in total. The van der Waals surface area contributed by atoms with Crippen molar-refractivity contribution in [3.05, 3.63) is 29.8 Å². The van der Waals surface area contributed by atoms with E-state index < -0.39 is 6.04 Å². The third-order valence-corrected chi connectivity index (χ3v) is 3.44. The van der Waals surface area contributed by atoms with Crippen LogP contribution in [-0.4, -0.2) is 48.7 Å². The zero-order chi connectivity index (χ0) is 13.8. The molecule has 0 spiro atoms. The monoisotopic (exact) mass is 259 g/mol. The summed E-state index contributed by atoms with van der Waals surface area (Å²) in [7, 11) is 1.84. The van der Waals surface area contributed by atoms with Gasteiger partial charge in [0.05, 0.1) is 18.2 Å². The molecule has 0 aromatic heterocycles. The Kier molecular flexibility index (Phi) is 4.15. The number of anilines is 1. The van der Waals surface area contributed by atoms with Crippen molar-refractivity contribution in [2.24, 2.45) is 0 Å². The third kappa shape index (κ3) is 2.75. The maximum atomic E-state index is 12.4. The van der Waals surface area contributed by atoms with Gasteiger partial charge in [-0.05, 0) is 31.7 Å². The summed E-state index contributed by atoms with van der Waals surface area (Å²) in [6.07, 6.45) is 0.843. The maximum Gasteiger partial charge on any atom is 0.246 e. The molecular formula is C14H17N3O2. The highest BCUT2D eigenvalue weighted by Crippen LogP contribution is 2.20. The van der Waals surface area contributed by atoms with Crippen LogP contribution in [0.2, 0.25) is 0 Å². The number of likely N-dealkylation sites (N-methyl/N-ethyl adjacent to an activating group) is 1. The first-order valence-corrected chi connectivity index (χ1v) is 6.30. The largest absolute Gasteiger partial charge is 0.394 e. The van der Waals surface area contributed by atoms with Gasteiger partial charge >= 0.3 is 0 Å². The highest BCUT2D eigenvalue weighted by Gasteiger charge is 2.30. The molecule has 0 saturated carbocycles. The molecule has 1 aromatic rings. The number of carbonyl (C=O) groups excluding carboxylic acids is 1. The smallest absolute Gasteiger partial charge is 0.246 e. The van der Waals surface area contributed by atoms with Crippen LogP contribution in [-0.2, 0) is 4.79 Å². The quantitative estimate of drug-likeness (QED) is 0.844. The lowest BCUT2D eigenvalue weighted by molar-refractivity contribution is -0.123. The molecule has 0 aliphatic carbocycles. The van der Waals surface area contributed by atoms with Crippen LogP contribution in [0.15, 0.2) is 24.3 Å². The summed E-state index contributed by atoms with van der Waals surface area (Å²) < 4.78 is 0. The highest BCUT2D eigenvalue weighted by molar-refractivity contribution is 5.97. The number of nitrogens with zero attached hydrogens (tertiary/aromatic N) is 3. The van der Waals surface area contributed by atoms with Crippen LogP contribution in [0.3, 0.4) is 0 Å². The summed E-state index contributed by atoms with van der Waals surface area (Å²) in [5.74, 6) is -0.113. The van der Waals surface area contributed by atoms with Gasteiger partial charge in [-0.3, -0.25) is 9.69 Å². The number of aliphatic hydroxyl groups excluding tert-OH is 1. The van der Waals surface area contributed by atoms with Crippen molar-refractivity contribution in [3.8, 4) is 6.07 Å². The van der Waals surface area contributed by atoms with E-state index >= 15 is 0 Å². The van der Waals surface area contributed by atoms with E-state index in [1.807, 2.05) is 18.0 Å². The SMILES string of the molecule is CN1CCCN(c2cccc(C#N)c2)C(=O)C1CO. The third-order valence-electron chi connectivity index (χ3n) is 3.44. The Labute approximate surface area is 112 Å². The number of rotatable bonds is 2. The second kappa shape index (κ2) is 5.83. The number of aliphatic hydroxyl groups is 1. The molecule has 1 N–H and O–H groups in total. The van der Waals surface area contributed by atoms with Crippen molar-refractivity contribution in [1.29, 1.82) is 5.26 Å². The molecule has 1 aliphatic rings. The first-order chi connectivity index (χ1) is 9.17. The molecule has 1 heterocycles. The number of carbonyl (C=O) groups is 1. The van der Waals surface area contributed by atoms with E-state index in [0.29, 0.717) is 12.1 Å². The van der Waals surface area contributed by atoms with Crippen molar-refractivity contribution in [1.82, 2.24) is 4.90 Å². The van der Waals surface area contributed by atoms with Crippen LogP contribution >= 0.6 is 0 Å². The van der Waals surface area contributed by atoms with Crippen LogP contribution in [0.25, 0.3) is 0 Å². The predicted molar refractivity (Wildman–Crippen MR) is 71.6 cm³/mol. The van der Waals surface area contributed by atoms with Gasteiger partial charge in [-0.2, -0.15) is 5.26 Å². The van der Waals surface area contributed by atoms with E-state index in [-0.39, 0.29) is 12.5 Å². The molecule has 1 unspecified atom stereocenters. The summed E-state index contributed by atoms with van der Waals surface area (Å²) in [5, 5.41) is 18.3. The maximum absolute atomic E-state index is 12.4. The fraction of sp³-hybridized carbons (Fsp3) is 0.429. The topological polar surface area (TPSA) is 67.6 Å². The second-order valence-electron chi connectivity index (χ2n) is 4.68. The van der Waals surface area contributed by atoms with Crippen LogP contribution in [0, 0.1) is 11.3 Å². The van der Waals surface area contributed by atoms with Gasteiger partial charge in [0.2, 0.25) is 5.91 Å². The van der Waals surface area contributed by atoms with Gasteiger partial charge in [-0.1, -0.05) is 6.07 Å². The number of amides is 1. The molecular weight excluding hydrogens is 242 g/mol. The van der Waals surface area contributed by atoms with Gasteiger partial charge in [0.15, 0.2) is 0 Å². The predicted octanol–water partition coefficient (Wildman–Crippen LogP) is 0.588. The minimum Gasteiger partial charge on any atom is -0.394 e. The lowest BCUT2D eigenvalue weighted by Crippen LogP contribution is -2.46. The van der Waals surface area contributed by atoms with Gasteiger partial charge < -0.3 is 10.0 Å². The Bertz CT molecular complexity index is 510. The molecule has 1 saturated heterocycles. The van der Waals surface area contributed by atoms with E-state index in [1.165, 1.54) is 0 Å². The fourth-order valence-corrected chi connectivity index (χ4v) is 2.33. The van der Waals surface area contributed by atoms with Gasteiger partial charge in [0.25, 0.3) is 0 Å². The molecule has 5 heteroatoms. The first kappa shape index (κ1) is 13.5. The Hall–Kier alpha value is -1.90. The van der Waals surface area contributed by atoms with Gasteiger partial charge in [-0.25, -0.2) is 0 Å². The molecule has 100 valence electrons. The lowest BCUT2D eigenvalue weighted by atomic mass is 10.1. The number of benzene rings is 1. The fourth-order valence-electron chi connectivity index (χ4n) is 2.33. The van der Waals surface area contributed by atoms with Crippen molar-refractivity contribution < 1.29 is 9.90 Å². The number of nitriles is 1. The van der Waals surface area contributed by atoms with Crippen LogP contribution in [0.4, 0.5) is 5.69 Å². The van der Waals surface area contributed by atoms with Crippen LogP contribution in [0.5, 0.6) is 0 Å². The Morgan fingerprint density at radius 3 is 2.95 bits per heavy atom. The van der Waals surface area contributed by atoms with Crippen molar-refractivity contribution in [3.63, 3.8) is 0 Å². The zero-order valence-corrected chi connectivity index (χ0v) is 10.9. The molecule has 1 fully saturated rings. The van der Waals surface area contributed by atoms with E-state index in [1.54, 1.807) is 23.1 Å². The lowest BCUT2D eigenvalue weighted by Gasteiger charge is -2.26. The summed E-state index contributed by atoms with van der Waals surface area (Å²) in [6.45, 7) is 1.18. The minimum absolute atomic E-state index is 0.113. The van der Waals surface area contributed by atoms with E-state index in [4.69, 9.17) is 5.26 Å². The summed E-state index contributed by atoms with van der Waals surface area (Å²) in [4.78, 5) is 16.0. The van der Waals surface area contributed by atoms with Gasteiger partial charge in [0.1, 0.15) is 6.04 Å². The normalized spacial score (nSPS) is 21.0. The molecule has 1 amide bonds. The van der Waals surface area contributed by atoms with Crippen LogP contribution < -0.4 is 4.90 Å². The van der Waals surface area contributed by atoms with E-state index in [2.05, 4.69) is 6.07 Å². The minimum atomic E-state index is -0.506. The molecule has 0 radical (unpaired) electrons. The van der Waals surface area contributed by atoms with Crippen molar-refractivity contribution >= 4 is 11.6 Å². The number of hydrogen-bond donors (Lipinski definition) is 1. The second-order valence-corrected chi connectivity index (χ2v) is 4.68. The van der Waals surface area contributed by atoms with Crippen molar-refractivity contribution in [2.45, 2.75) is 12.5 Å². The average molecular weight is 259 g/mol. The van der Waals surface area contributed by atoms with E-state index in [9.17, 15) is 9.90 Å². The zero-order valence-electron chi connectivity index (χ0n) is 10.9. The van der Waals surface area contributed by atoms with Gasteiger partial charge in [-0.15, -0.1) is 0 Å². The molecule has 19 heavy (non-hydrogen) atoms. The van der Waals surface area contributed by atoms with Gasteiger partial charge in [0, 0.05) is 18.8 Å². The average Bonchev–Trinajstić information content (AvgIpc) is 2.57. The van der Waals surface area contributed by atoms with Crippen molar-refractivity contribution in [2.75, 3.05) is 31.6 Å². The molecule has 0 bridgehead atoms.